The van der Waals surface area contributed by atoms with E-state index < -0.39 is 5.41 Å². The zero-order valence-corrected chi connectivity index (χ0v) is 22.1. The van der Waals surface area contributed by atoms with Gasteiger partial charge in [0.1, 0.15) is 23.1 Å². The predicted octanol–water partition coefficient (Wildman–Crippen LogP) is 6.33. The molecule has 1 atom stereocenters. The van der Waals surface area contributed by atoms with Gasteiger partial charge in [-0.3, -0.25) is 14.5 Å². The van der Waals surface area contributed by atoms with Crippen molar-refractivity contribution in [3.8, 4) is 6.07 Å². The molecule has 3 aliphatic rings. The molecule has 41 heavy (non-hydrogen) atoms. The molecule has 1 spiro atoms. The number of hydrogen-bond donors (Lipinski definition) is 0. The van der Waals surface area contributed by atoms with E-state index in [9.17, 15) is 19.2 Å². The zero-order valence-electron chi connectivity index (χ0n) is 22.1. The molecule has 3 heterocycles. The van der Waals surface area contributed by atoms with E-state index in [1.807, 2.05) is 88.6 Å². The standard InChI is InChI=1S/C34H25FN4O2/c35-24-17-15-23(16-18-24)22-38-28-12-5-4-11-26(28)34(33(38)41)27(21-36)32(37-19-6-7-20-37)39(25-9-2-1-3-10-25)29-13-8-14-30(40)31(29)34/h1-7,9-12,15-20H,8,13-14,22H2/t34-/m1/s1. The Morgan fingerprint density at radius 3 is 2.29 bits per heavy atom. The Bertz CT molecular complexity index is 1800. The fourth-order valence-corrected chi connectivity index (χ4v) is 6.58. The highest BCUT2D eigenvalue weighted by molar-refractivity contribution is 6.22. The molecule has 200 valence electrons. The lowest BCUT2D eigenvalue weighted by molar-refractivity contribution is -0.124. The highest BCUT2D eigenvalue weighted by Gasteiger charge is 2.62. The number of hydrogen-bond acceptors (Lipinski definition) is 4. The van der Waals surface area contributed by atoms with Crippen molar-refractivity contribution in [2.24, 2.45) is 0 Å². The summed E-state index contributed by atoms with van der Waals surface area (Å²) in [5.74, 6) is -0.304. The molecule has 0 N–H and O–H groups in total. The van der Waals surface area contributed by atoms with Crippen LogP contribution in [0.4, 0.5) is 15.8 Å². The summed E-state index contributed by atoms with van der Waals surface area (Å²) >= 11 is 0. The number of carbonyl (C=O) groups is 2. The molecule has 4 aromatic rings. The van der Waals surface area contributed by atoms with Crippen molar-refractivity contribution < 1.29 is 14.0 Å². The van der Waals surface area contributed by atoms with Crippen LogP contribution in [-0.2, 0) is 21.5 Å². The van der Waals surface area contributed by atoms with Crippen LogP contribution in [-0.4, -0.2) is 16.3 Å². The number of ketones is 1. The molecule has 7 heteroatoms. The first-order chi connectivity index (χ1) is 20.1. The maximum absolute atomic E-state index is 15.0. The summed E-state index contributed by atoms with van der Waals surface area (Å²) in [4.78, 5) is 32.7. The lowest BCUT2D eigenvalue weighted by Gasteiger charge is -2.45. The van der Waals surface area contributed by atoms with Crippen LogP contribution in [0, 0.1) is 17.1 Å². The number of allylic oxidation sites excluding steroid dienone is 1. The molecular formula is C34H25FN4O2. The first kappa shape index (κ1) is 24.8. The summed E-state index contributed by atoms with van der Waals surface area (Å²) in [7, 11) is 0. The van der Waals surface area contributed by atoms with Gasteiger partial charge >= 0.3 is 0 Å². The molecule has 0 fully saturated rings. The first-order valence-corrected chi connectivity index (χ1v) is 13.6. The van der Waals surface area contributed by atoms with Crippen LogP contribution >= 0.6 is 0 Å². The molecule has 6 nitrogen and oxygen atoms in total. The molecule has 1 aromatic heterocycles. The maximum atomic E-state index is 15.0. The van der Waals surface area contributed by atoms with Crippen molar-refractivity contribution in [3.05, 3.63) is 137 Å². The van der Waals surface area contributed by atoms with E-state index in [0.29, 0.717) is 41.9 Å². The Morgan fingerprint density at radius 1 is 0.854 bits per heavy atom. The van der Waals surface area contributed by atoms with Crippen LogP contribution in [0.2, 0.25) is 0 Å². The van der Waals surface area contributed by atoms with Gasteiger partial charge in [0.05, 0.1) is 12.1 Å². The van der Waals surface area contributed by atoms with Crippen LogP contribution in [0.5, 0.6) is 0 Å². The van der Waals surface area contributed by atoms with Gasteiger partial charge in [-0.1, -0.05) is 48.5 Å². The van der Waals surface area contributed by atoms with Gasteiger partial charge in [-0.2, -0.15) is 5.26 Å². The zero-order chi connectivity index (χ0) is 28.1. The average Bonchev–Trinajstić information content (AvgIpc) is 3.61. The quantitative estimate of drug-likeness (QED) is 0.303. The third-order valence-corrected chi connectivity index (χ3v) is 8.23. The summed E-state index contributed by atoms with van der Waals surface area (Å²) in [6.45, 7) is 0.175. The Kier molecular flexibility index (Phi) is 5.72. The number of nitrogens with zero attached hydrogens (tertiary/aromatic N) is 4. The normalized spacial score (nSPS) is 20.0. The summed E-state index contributed by atoms with van der Waals surface area (Å²) in [5.41, 5.74) is 2.51. The van der Waals surface area contributed by atoms with E-state index in [0.717, 1.165) is 16.9 Å². The molecular weight excluding hydrogens is 515 g/mol. The van der Waals surface area contributed by atoms with Crippen molar-refractivity contribution in [2.75, 3.05) is 9.80 Å². The van der Waals surface area contributed by atoms with Gasteiger partial charge in [-0.25, -0.2) is 4.39 Å². The Hall–Kier alpha value is -5.22. The second-order valence-corrected chi connectivity index (χ2v) is 10.5. The van der Waals surface area contributed by atoms with E-state index >= 15 is 0 Å². The third-order valence-electron chi connectivity index (χ3n) is 8.23. The number of aromatic nitrogens is 1. The minimum atomic E-state index is -1.61. The molecule has 1 aliphatic carbocycles. The number of carbonyl (C=O) groups excluding carboxylic acids is 2. The van der Waals surface area contributed by atoms with Crippen LogP contribution in [0.15, 0.2) is 120 Å². The number of para-hydroxylation sites is 2. The molecule has 0 saturated carbocycles. The van der Waals surface area contributed by atoms with E-state index in [1.165, 1.54) is 12.1 Å². The number of nitriles is 1. The number of benzene rings is 3. The average molecular weight is 541 g/mol. The van der Waals surface area contributed by atoms with Crippen LogP contribution in [0.25, 0.3) is 5.82 Å². The second-order valence-electron chi connectivity index (χ2n) is 10.5. The molecule has 2 aliphatic heterocycles. The number of halogens is 1. The van der Waals surface area contributed by atoms with E-state index in [-0.39, 0.29) is 29.6 Å². The smallest absolute Gasteiger partial charge is 0.248 e. The Labute approximate surface area is 236 Å². The predicted molar refractivity (Wildman–Crippen MR) is 154 cm³/mol. The highest BCUT2D eigenvalue weighted by Crippen LogP contribution is 2.58. The molecule has 0 unspecified atom stereocenters. The van der Waals surface area contributed by atoms with Crippen molar-refractivity contribution in [1.29, 1.82) is 5.26 Å². The van der Waals surface area contributed by atoms with E-state index in [4.69, 9.17) is 0 Å². The summed E-state index contributed by atoms with van der Waals surface area (Å²) in [5, 5.41) is 11.0. The molecule has 0 bridgehead atoms. The molecule has 0 saturated heterocycles. The fraction of sp³-hybridized carbons (Fsp3) is 0.147. The van der Waals surface area contributed by atoms with Crippen LogP contribution in [0.3, 0.4) is 0 Å². The summed E-state index contributed by atoms with van der Waals surface area (Å²) in [6, 6.07) is 29.3. The SMILES string of the molecule is N#CC1=C(n2cccc2)N(c2ccccc2)C2=C(C(=O)CCC2)[C@]12C(=O)N(Cc1ccc(F)cc1)c1ccccc12. The van der Waals surface area contributed by atoms with Crippen molar-refractivity contribution in [1.82, 2.24) is 4.57 Å². The molecule has 3 aromatic carbocycles. The number of amides is 1. The van der Waals surface area contributed by atoms with E-state index in [1.54, 1.807) is 17.0 Å². The molecule has 0 radical (unpaired) electrons. The topological polar surface area (TPSA) is 69.3 Å². The fourth-order valence-electron chi connectivity index (χ4n) is 6.58. The highest BCUT2D eigenvalue weighted by atomic mass is 19.1. The van der Waals surface area contributed by atoms with Gasteiger partial charge in [0, 0.05) is 47.0 Å². The van der Waals surface area contributed by atoms with E-state index in [2.05, 4.69) is 6.07 Å². The van der Waals surface area contributed by atoms with Crippen LogP contribution in [0.1, 0.15) is 30.4 Å². The number of fused-ring (bicyclic) bond motifs is 3. The number of Topliss-reactive ketones (excluding diaryl/α,β-unsaturated/α-hetero) is 1. The first-order valence-electron chi connectivity index (χ1n) is 13.6. The monoisotopic (exact) mass is 540 g/mol. The van der Waals surface area contributed by atoms with Crippen LogP contribution < -0.4 is 9.80 Å². The summed E-state index contributed by atoms with van der Waals surface area (Å²) in [6.07, 6.45) is 5.23. The lowest BCUT2D eigenvalue weighted by atomic mass is 9.63. The van der Waals surface area contributed by atoms with Crippen molar-refractivity contribution >= 4 is 28.9 Å². The second kappa shape index (κ2) is 9.46. The lowest BCUT2D eigenvalue weighted by Crippen LogP contribution is -2.51. The van der Waals surface area contributed by atoms with Gasteiger partial charge in [-0.05, 0) is 60.9 Å². The minimum Gasteiger partial charge on any atom is -0.309 e. The molecule has 7 rings (SSSR count). The van der Waals surface area contributed by atoms with Gasteiger partial charge in [-0.15, -0.1) is 0 Å². The Morgan fingerprint density at radius 2 is 1.56 bits per heavy atom. The van der Waals surface area contributed by atoms with Crippen molar-refractivity contribution in [3.63, 3.8) is 0 Å². The number of rotatable bonds is 4. The maximum Gasteiger partial charge on any atom is 0.248 e. The van der Waals surface area contributed by atoms with Crippen molar-refractivity contribution in [2.45, 2.75) is 31.2 Å². The van der Waals surface area contributed by atoms with Gasteiger partial charge in [0.2, 0.25) is 5.91 Å². The minimum absolute atomic E-state index is 0.127. The van der Waals surface area contributed by atoms with Gasteiger partial charge in [0.25, 0.3) is 0 Å². The van der Waals surface area contributed by atoms with Gasteiger partial charge < -0.3 is 9.47 Å². The Balaban J connectivity index is 1.56. The summed E-state index contributed by atoms with van der Waals surface area (Å²) < 4.78 is 15.6. The molecule has 1 amide bonds. The third kappa shape index (κ3) is 3.54. The number of anilines is 2. The largest absolute Gasteiger partial charge is 0.309 e. The van der Waals surface area contributed by atoms with Gasteiger partial charge in [0.15, 0.2) is 5.78 Å².